The van der Waals surface area contributed by atoms with Crippen molar-refractivity contribution in [2.45, 2.75) is 26.1 Å². The fraction of sp³-hybridized carbons (Fsp3) is 0.500. The quantitative estimate of drug-likeness (QED) is 0.817. The van der Waals surface area contributed by atoms with Gasteiger partial charge in [-0.25, -0.2) is 0 Å². The van der Waals surface area contributed by atoms with Gasteiger partial charge in [0.25, 0.3) is 0 Å². The first-order chi connectivity index (χ1) is 7.88. The third-order valence-electron chi connectivity index (χ3n) is 2.82. The van der Waals surface area contributed by atoms with E-state index in [1.165, 1.54) is 6.07 Å². The second kappa shape index (κ2) is 4.13. The van der Waals surface area contributed by atoms with Crippen LogP contribution in [-0.2, 0) is 6.18 Å². The molecule has 17 heavy (non-hydrogen) atoms. The van der Waals surface area contributed by atoms with E-state index < -0.39 is 11.7 Å². The fourth-order valence-electron chi connectivity index (χ4n) is 1.73. The molecule has 0 spiro atoms. The predicted molar refractivity (Wildman–Crippen MR) is 59.2 cm³/mol. The Bertz CT molecular complexity index is 415. The number of nitrogens with one attached hydrogen (secondary N) is 1. The monoisotopic (exact) mass is 245 g/mol. The third-order valence-corrected chi connectivity index (χ3v) is 2.82. The first-order valence-corrected chi connectivity index (χ1v) is 5.49. The Morgan fingerprint density at radius 1 is 1.35 bits per heavy atom. The topological polar surface area (TPSA) is 21.3 Å². The van der Waals surface area contributed by atoms with Crippen LogP contribution in [0, 0.1) is 5.92 Å². The first-order valence-electron chi connectivity index (χ1n) is 5.49. The Balaban J connectivity index is 2.29. The molecule has 0 saturated carbocycles. The van der Waals surface area contributed by atoms with Gasteiger partial charge in [0.2, 0.25) is 0 Å². The minimum Gasteiger partial charge on any atom is -0.486 e. The van der Waals surface area contributed by atoms with Crippen LogP contribution in [0.25, 0.3) is 0 Å². The van der Waals surface area contributed by atoms with Gasteiger partial charge in [-0.1, -0.05) is 13.8 Å². The molecular formula is C12H14F3NO. The Hall–Kier alpha value is -1.39. The number of hydrogen-bond donors (Lipinski definition) is 1. The van der Waals surface area contributed by atoms with Crippen LogP contribution < -0.4 is 10.1 Å². The SMILES string of the molecule is CC(C)C1CNc2ccc(C(F)(F)F)cc2O1. The molecule has 0 saturated heterocycles. The van der Waals surface area contributed by atoms with Crippen LogP contribution in [0.5, 0.6) is 5.75 Å². The van der Waals surface area contributed by atoms with E-state index in [0.717, 1.165) is 12.1 Å². The van der Waals surface area contributed by atoms with Crippen LogP contribution in [0.1, 0.15) is 19.4 Å². The van der Waals surface area contributed by atoms with E-state index in [1.54, 1.807) is 0 Å². The molecule has 0 fully saturated rings. The van der Waals surface area contributed by atoms with Gasteiger partial charge in [-0.05, 0) is 24.1 Å². The average molecular weight is 245 g/mol. The number of ether oxygens (including phenoxy) is 1. The van der Waals surface area contributed by atoms with Crippen molar-refractivity contribution in [2.24, 2.45) is 5.92 Å². The Morgan fingerprint density at radius 3 is 2.65 bits per heavy atom. The molecule has 1 aliphatic heterocycles. The summed E-state index contributed by atoms with van der Waals surface area (Å²) in [7, 11) is 0. The zero-order valence-electron chi connectivity index (χ0n) is 9.64. The molecule has 94 valence electrons. The van der Waals surface area contributed by atoms with Gasteiger partial charge in [0.05, 0.1) is 17.8 Å². The molecule has 0 aromatic heterocycles. The molecule has 5 heteroatoms. The van der Waals surface area contributed by atoms with Crippen LogP contribution in [0.15, 0.2) is 18.2 Å². The second-order valence-corrected chi connectivity index (χ2v) is 4.49. The molecule has 2 rings (SSSR count). The largest absolute Gasteiger partial charge is 0.486 e. The standard InChI is InChI=1S/C12H14F3NO/c1-7(2)11-6-16-9-4-3-8(12(13,14)15)5-10(9)17-11/h3-5,7,11,16H,6H2,1-2H3. The highest BCUT2D eigenvalue weighted by molar-refractivity contribution is 5.59. The molecule has 0 aliphatic carbocycles. The predicted octanol–water partition coefficient (Wildman–Crippen LogP) is 3.53. The number of benzene rings is 1. The average Bonchev–Trinajstić information content (AvgIpc) is 2.26. The highest BCUT2D eigenvalue weighted by atomic mass is 19.4. The molecule has 1 aromatic rings. The van der Waals surface area contributed by atoms with Crippen molar-refractivity contribution >= 4 is 5.69 Å². The fourth-order valence-corrected chi connectivity index (χ4v) is 1.73. The molecule has 0 amide bonds. The van der Waals surface area contributed by atoms with Gasteiger partial charge in [-0.3, -0.25) is 0 Å². The summed E-state index contributed by atoms with van der Waals surface area (Å²) in [5, 5.41) is 3.08. The summed E-state index contributed by atoms with van der Waals surface area (Å²) < 4.78 is 43.2. The minimum absolute atomic E-state index is 0.0917. The molecular weight excluding hydrogens is 231 g/mol. The third kappa shape index (κ3) is 2.48. The van der Waals surface area contributed by atoms with Gasteiger partial charge < -0.3 is 10.1 Å². The summed E-state index contributed by atoms with van der Waals surface area (Å²) in [6, 6.07) is 3.52. The normalized spacial score (nSPS) is 19.5. The number of rotatable bonds is 1. The highest BCUT2D eigenvalue weighted by Crippen LogP contribution is 2.37. The lowest BCUT2D eigenvalue weighted by atomic mass is 10.0. The van der Waals surface area contributed by atoms with Crippen molar-refractivity contribution in [2.75, 3.05) is 11.9 Å². The smallest absolute Gasteiger partial charge is 0.416 e. The van der Waals surface area contributed by atoms with E-state index in [2.05, 4.69) is 5.32 Å². The molecule has 1 heterocycles. The van der Waals surface area contributed by atoms with Crippen molar-refractivity contribution in [3.05, 3.63) is 23.8 Å². The van der Waals surface area contributed by atoms with Gasteiger partial charge in [-0.15, -0.1) is 0 Å². The van der Waals surface area contributed by atoms with Gasteiger partial charge in [-0.2, -0.15) is 13.2 Å². The summed E-state index contributed by atoms with van der Waals surface area (Å²) in [5.74, 6) is 0.537. The van der Waals surface area contributed by atoms with Crippen LogP contribution >= 0.6 is 0 Å². The maximum Gasteiger partial charge on any atom is 0.416 e. The van der Waals surface area contributed by atoms with Crippen molar-refractivity contribution in [3.63, 3.8) is 0 Å². The Kier molecular flexibility index (Phi) is 2.93. The van der Waals surface area contributed by atoms with E-state index in [-0.39, 0.29) is 17.8 Å². The molecule has 1 atom stereocenters. The van der Waals surface area contributed by atoms with Crippen LogP contribution in [-0.4, -0.2) is 12.6 Å². The molecule has 0 radical (unpaired) electrons. The van der Waals surface area contributed by atoms with Gasteiger partial charge in [0, 0.05) is 0 Å². The first kappa shape index (κ1) is 12.1. The molecule has 1 aliphatic rings. The summed E-state index contributed by atoms with van der Waals surface area (Å²) in [5.41, 5.74) is -0.0580. The van der Waals surface area contributed by atoms with E-state index in [0.29, 0.717) is 12.2 Å². The minimum atomic E-state index is -4.33. The number of fused-ring (bicyclic) bond motifs is 1. The highest BCUT2D eigenvalue weighted by Gasteiger charge is 2.32. The Labute approximate surface area is 97.8 Å². The van der Waals surface area contributed by atoms with Crippen LogP contribution in [0.4, 0.5) is 18.9 Å². The van der Waals surface area contributed by atoms with Crippen molar-refractivity contribution in [1.29, 1.82) is 0 Å². The molecule has 1 aromatic carbocycles. The van der Waals surface area contributed by atoms with Crippen molar-refractivity contribution < 1.29 is 17.9 Å². The number of hydrogen-bond acceptors (Lipinski definition) is 2. The zero-order chi connectivity index (χ0) is 12.6. The number of anilines is 1. The zero-order valence-corrected chi connectivity index (χ0v) is 9.64. The maximum absolute atomic E-state index is 12.5. The summed E-state index contributed by atoms with van der Waals surface area (Å²) in [4.78, 5) is 0. The summed E-state index contributed by atoms with van der Waals surface area (Å²) in [6.07, 6.45) is -4.42. The lowest BCUT2D eigenvalue weighted by Crippen LogP contribution is -2.35. The molecule has 1 unspecified atom stereocenters. The van der Waals surface area contributed by atoms with E-state index in [4.69, 9.17) is 4.74 Å². The van der Waals surface area contributed by atoms with E-state index >= 15 is 0 Å². The van der Waals surface area contributed by atoms with Crippen LogP contribution in [0.2, 0.25) is 0 Å². The molecule has 1 N–H and O–H groups in total. The number of halogens is 3. The molecule has 2 nitrogen and oxygen atoms in total. The van der Waals surface area contributed by atoms with Crippen molar-refractivity contribution in [3.8, 4) is 5.75 Å². The van der Waals surface area contributed by atoms with Crippen molar-refractivity contribution in [1.82, 2.24) is 0 Å². The second-order valence-electron chi connectivity index (χ2n) is 4.49. The number of alkyl halides is 3. The maximum atomic E-state index is 12.5. The Morgan fingerprint density at radius 2 is 2.06 bits per heavy atom. The van der Waals surface area contributed by atoms with Gasteiger partial charge in [0.15, 0.2) is 0 Å². The van der Waals surface area contributed by atoms with Crippen LogP contribution in [0.3, 0.4) is 0 Å². The molecule has 0 bridgehead atoms. The van der Waals surface area contributed by atoms with Gasteiger partial charge in [0.1, 0.15) is 11.9 Å². The summed E-state index contributed by atoms with van der Waals surface area (Å²) in [6.45, 7) is 4.58. The lowest BCUT2D eigenvalue weighted by Gasteiger charge is -2.30. The van der Waals surface area contributed by atoms with Gasteiger partial charge >= 0.3 is 6.18 Å². The summed E-state index contributed by atoms with van der Waals surface area (Å²) >= 11 is 0. The lowest BCUT2D eigenvalue weighted by molar-refractivity contribution is -0.137. The van der Waals surface area contributed by atoms with E-state index in [9.17, 15) is 13.2 Å². The van der Waals surface area contributed by atoms with E-state index in [1.807, 2.05) is 13.8 Å².